The molecule has 3 saturated heterocycles. The normalized spacial score (nSPS) is 46.7. The van der Waals surface area contributed by atoms with Crippen LogP contribution in [0.5, 0.6) is 0 Å². The molecule has 1 aliphatic carbocycles. The van der Waals surface area contributed by atoms with E-state index in [1.807, 2.05) is 0 Å². The Bertz CT molecular complexity index is 372. The number of hydrogen-bond acceptors (Lipinski definition) is 3. The summed E-state index contributed by atoms with van der Waals surface area (Å²) in [5.41, 5.74) is 0. The Kier molecular flexibility index (Phi) is 6.76. The van der Waals surface area contributed by atoms with Crippen molar-refractivity contribution in [2.45, 2.75) is 106 Å². The lowest BCUT2D eigenvalue weighted by atomic mass is 9.70. The fraction of sp³-hybridized carbons (Fsp3) is 1.00. The zero-order valence-electron chi connectivity index (χ0n) is 15.8. The molecule has 0 aromatic heterocycles. The second kappa shape index (κ2) is 9.03. The molecule has 0 bridgehead atoms. The second-order valence-electron chi connectivity index (χ2n) is 9.24. The highest BCUT2D eigenvalue weighted by atomic mass is 79.9. The Morgan fingerprint density at radius 3 is 1.60 bits per heavy atom. The summed E-state index contributed by atoms with van der Waals surface area (Å²) in [6, 6.07) is 2.84. The van der Waals surface area contributed by atoms with Gasteiger partial charge >= 0.3 is 0 Å². The van der Waals surface area contributed by atoms with E-state index in [9.17, 15) is 0 Å². The van der Waals surface area contributed by atoms with E-state index in [4.69, 9.17) is 0 Å². The lowest BCUT2D eigenvalue weighted by molar-refractivity contribution is 0.106. The van der Waals surface area contributed by atoms with E-state index < -0.39 is 0 Å². The first kappa shape index (κ1) is 18.7. The summed E-state index contributed by atoms with van der Waals surface area (Å²) < 4.78 is 0. The molecular formula is C21H38BrN3. The SMILES string of the molecule is BrC1CCC(C2CC(C3CCCCN3)NC(C3CCCCN3)C2)CC1. The molecule has 4 atom stereocenters. The fourth-order valence-corrected chi connectivity index (χ4v) is 6.63. The van der Waals surface area contributed by atoms with Crippen LogP contribution in [0, 0.1) is 11.8 Å². The smallest absolute Gasteiger partial charge is 0.0227 e. The molecule has 1 saturated carbocycles. The van der Waals surface area contributed by atoms with Crippen molar-refractivity contribution in [1.82, 2.24) is 16.0 Å². The van der Waals surface area contributed by atoms with Gasteiger partial charge in [-0.25, -0.2) is 0 Å². The van der Waals surface area contributed by atoms with Crippen LogP contribution in [-0.2, 0) is 0 Å². The molecular weight excluding hydrogens is 374 g/mol. The topological polar surface area (TPSA) is 36.1 Å². The van der Waals surface area contributed by atoms with Gasteiger partial charge in [-0.3, -0.25) is 0 Å². The van der Waals surface area contributed by atoms with Gasteiger partial charge in [0.15, 0.2) is 0 Å². The third kappa shape index (κ3) is 4.80. The van der Waals surface area contributed by atoms with Crippen molar-refractivity contribution in [3.63, 3.8) is 0 Å². The van der Waals surface area contributed by atoms with Gasteiger partial charge in [-0.05, 0) is 89.1 Å². The Labute approximate surface area is 163 Å². The van der Waals surface area contributed by atoms with Crippen molar-refractivity contribution in [1.29, 1.82) is 0 Å². The minimum atomic E-state index is 0.703. The van der Waals surface area contributed by atoms with E-state index in [-0.39, 0.29) is 0 Å². The molecule has 3 heterocycles. The van der Waals surface area contributed by atoms with Gasteiger partial charge in [0.1, 0.15) is 0 Å². The quantitative estimate of drug-likeness (QED) is 0.614. The van der Waals surface area contributed by atoms with Gasteiger partial charge in [-0.2, -0.15) is 0 Å². The Morgan fingerprint density at radius 1 is 0.560 bits per heavy atom. The standard InChI is InChI=1S/C21H38BrN3/c22-17-9-7-15(8-10-17)16-13-20(18-5-1-3-11-23-18)25-21(14-16)19-6-2-4-12-24-19/h15-21,23-25H,1-14H2. The Morgan fingerprint density at radius 2 is 1.12 bits per heavy atom. The van der Waals surface area contributed by atoms with Crippen molar-refractivity contribution in [2.75, 3.05) is 13.1 Å². The van der Waals surface area contributed by atoms with Crippen molar-refractivity contribution < 1.29 is 0 Å². The number of nitrogens with one attached hydrogen (secondary N) is 3. The van der Waals surface area contributed by atoms with E-state index in [1.165, 1.54) is 90.1 Å². The lowest BCUT2D eigenvalue weighted by Gasteiger charge is -2.47. The highest BCUT2D eigenvalue weighted by Crippen LogP contribution is 2.40. The molecule has 4 aliphatic rings. The number of alkyl halides is 1. The third-order valence-corrected chi connectivity index (χ3v) is 8.49. The number of piperidine rings is 3. The highest BCUT2D eigenvalue weighted by Gasteiger charge is 2.40. The minimum Gasteiger partial charge on any atom is -0.312 e. The number of hydrogen-bond donors (Lipinski definition) is 3. The molecule has 25 heavy (non-hydrogen) atoms. The fourth-order valence-electron chi connectivity index (χ4n) is 6.10. The molecule has 3 N–H and O–H groups in total. The van der Waals surface area contributed by atoms with Gasteiger partial charge in [0.25, 0.3) is 0 Å². The Hall–Kier alpha value is 0.360. The largest absolute Gasteiger partial charge is 0.312 e. The van der Waals surface area contributed by atoms with E-state index in [1.54, 1.807) is 0 Å². The molecule has 0 aromatic carbocycles. The zero-order chi connectivity index (χ0) is 17.1. The monoisotopic (exact) mass is 411 g/mol. The molecule has 4 unspecified atom stereocenters. The van der Waals surface area contributed by atoms with Gasteiger partial charge in [-0.15, -0.1) is 0 Å². The first-order chi connectivity index (χ1) is 12.3. The molecule has 3 aliphatic heterocycles. The number of rotatable bonds is 3. The van der Waals surface area contributed by atoms with Crippen LogP contribution in [0.1, 0.15) is 77.0 Å². The first-order valence-electron chi connectivity index (χ1n) is 11.2. The zero-order valence-corrected chi connectivity index (χ0v) is 17.4. The van der Waals surface area contributed by atoms with Crippen LogP contribution < -0.4 is 16.0 Å². The minimum absolute atomic E-state index is 0.703. The van der Waals surface area contributed by atoms with E-state index >= 15 is 0 Å². The van der Waals surface area contributed by atoms with Crippen molar-refractivity contribution in [3.05, 3.63) is 0 Å². The summed E-state index contributed by atoms with van der Waals surface area (Å²) in [5, 5.41) is 11.8. The molecule has 0 aromatic rings. The lowest BCUT2D eigenvalue weighted by Crippen LogP contribution is -2.62. The molecule has 3 nitrogen and oxygen atoms in total. The molecule has 0 radical (unpaired) electrons. The van der Waals surface area contributed by atoms with E-state index in [2.05, 4.69) is 31.9 Å². The molecule has 4 rings (SSSR count). The summed E-state index contributed by atoms with van der Waals surface area (Å²) in [5.74, 6) is 1.93. The van der Waals surface area contributed by atoms with Crippen LogP contribution in [0.15, 0.2) is 0 Å². The summed E-state index contributed by atoms with van der Waals surface area (Å²) >= 11 is 3.86. The van der Waals surface area contributed by atoms with Crippen LogP contribution in [0.4, 0.5) is 0 Å². The maximum absolute atomic E-state index is 4.14. The van der Waals surface area contributed by atoms with Crippen LogP contribution in [0.3, 0.4) is 0 Å². The van der Waals surface area contributed by atoms with Crippen LogP contribution in [-0.4, -0.2) is 42.1 Å². The van der Waals surface area contributed by atoms with Gasteiger partial charge in [0.2, 0.25) is 0 Å². The molecule has 0 spiro atoms. The van der Waals surface area contributed by atoms with Gasteiger partial charge < -0.3 is 16.0 Å². The Balaban J connectivity index is 1.43. The average molecular weight is 412 g/mol. The van der Waals surface area contributed by atoms with E-state index in [0.29, 0.717) is 12.1 Å². The van der Waals surface area contributed by atoms with Gasteiger partial charge in [0.05, 0.1) is 0 Å². The predicted molar refractivity (Wildman–Crippen MR) is 109 cm³/mol. The third-order valence-electron chi connectivity index (χ3n) is 7.58. The number of halogens is 1. The predicted octanol–water partition coefficient (Wildman–Crippen LogP) is 3.96. The molecule has 144 valence electrons. The first-order valence-corrected chi connectivity index (χ1v) is 12.1. The second-order valence-corrected chi connectivity index (χ2v) is 10.5. The molecule has 4 fully saturated rings. The summed E-state index contributed by atoms with van der Waals surface area (Å²) in [6.45, 7) is 2.46. The van der Waals surface area contributed by atoms with Crippen LogP contribution in [0.2, 0.25) is 0 Å². The summed E-state index contributed by atoms with van der Waals surface area (Å²) in [6.07, 6.45) is 16.9. The van der Waals surface area contributed by atoms with E-state index in [0.717, 1.165) is 28.7 Å². The summed E-state index contributed by atoms with van der Waals surface area (Å²) in [7, 11) is 0. The highest BCUT2D eigenvalue weighted by molar-refractivity contribution is 9.09. The van der Waals surface area contributed by atoms with Gasteiger partial charge in [0, 0.05) is 29.0 Å². The maximum atomic E-state index is 4.14. The maximum Gasteiger partial charge on any atom is 0.0227 e. The van der Waals surface area contributed by atoms with Crippen molar-refractivity contribution >= 4 is 15.9 Å². The van der Waals surface area contributed by atoms with Crippen LogP contribution >= 0.6 is 15.9 Å². The van der Waals surface area contributed by atoms with Crippen molar-refractivity contribution in [2.24, 2.45) is 11.8 Å². The van der Waals surface area contributed by atoms with Crippen molar-refractivity contribution in [3.8, 4) is 0 Å². The average Bonchev–Trinajstić information content (AvgIpc) is 2.69. The molecule has 4 heteroatoms. The van der Waals surface area contributed by atoms with Crippen LogP contribution in [0.25, 0.3) is 0 Å². The molecule has 0 amide bonds. The summed E-state index contributed by atoms with van der Waals surface area (Å²) in [4.78, 5) is 0.789. The van der Waals surface area contributed by atoms with Gasteiger partial charge in [-0.1, -0.05) is 28.8 Å².